The highest BCUT2D eigenvalue weighted by Crippen LogP contribution is 2.33. The molecular weight excluding hydrogens is 261 g/mol. The summed E-state index contributed by atoms with van der Waals surface area (Å²) in [7, 11) is 0. The Bertz CT molecular complexity index is 525. The van der Waals surface area contributed by atoms with Crippen molar-refractivity contribution in [3.63, 3.8) is 0 Å². The fourth-order valence-electron chi connectivity index (χ4n) is 1.74. The molecule has 1 heterocycles. The van der Waals surface area contributed by atoms with Crippen LogP contribution in [0, 0.1) is 0 Å². The quantitative estimate of drug-likeness (QED) is 0.853. The maximum Gasteiger partial charge on any atom is 0.256 e. The Hall–Kier alpha value is -1.03. The van der Waals surface area contributed by atoms with Gasteiger partial charge in [0.2, 0.25) is 0 Å². The van der Waals surface area contributed by atoms with E-state index in [1.165, 1.54) is 4.90 Å². The summed E-state index contributed by atoms with van der Waals surface area (Å²) in [6, 6.07) is 4.82. The molecule has 1 aromatic carbocycles. The van der Waals surface area contributed by atoms with Gasteiger partial charge in [-0.25, -0.2) is 0 Å². The summed E-state index contributed by atoms with van der Waals surface area (Å²) in [5.41, 5.74) is 1.75. The lowest BCUT2D eigenvalue weighted by atomic mass is 10.2. The van der Waals surface area contributed by atoms with E-state index in [-0.39, 0.29) is 5.91 Å². The highest BCUT2D eigenvalue weighted by molar-refractivity contribution is 6.42. The van der Waals surface area contributed by atoms with Crippen molar-refractivity contribution in [1.82, 2.24) is 0 Å². The fourth-order valence-corrected chi connectivity index (χ4v) is 2.03. The van der Waals surface area contributed by atoms with Crippen molar-refractivity contribution in [2.45, 2.75) is 20.1 Å². The number of hydrogen-bond donors (Lipinski definition) is 1. The molecule has 2 rings (SSSR count). The van der Waals surface area contributed by atoms with E-state index in [0.29, 0.717) is 26.9 Å². The first-order valence-electron chi connectivity index (χ1n) is 5.07. The number of hydrogen-bond acceptors (Lipinski definition) is 2. The van der Waals surface area contributed by atoms with Gasteiger partial charge in [0.1, 0.15) is 0 Å². The molecule has 1 aliphatic rings. The van der Waals surface area contributed by atoms with Crippen molar-refractivity contribution in [3.05, 3.63) is 39.4 Å². The Morgan fingerprint density at radius 2 is 1.88 bits per heavy atom. The van der Waals surface area contributed by atoms with Gasteiger partial charge in [0.15, 0.2) is 6.23 Å². The van der Waals surface area contributed by atoms with E-state index in [9.17, 15) is 9.90 Å². The van der Waals surface area contributed by atoms with Crippen LogP contribution >= 0.6 is 23.2 Å². The molecule has 0 bridgehead atoms. The van der Waals surface area contributed by atoms with Crippen molar-refractivity contribution in [2.24, 2.45) is 0 Å². The molecule has 0 aromatic heterocycles. The molecule has 0 saturated carbocycles. The minimum absolute atomic E-state index is 0.214. The van der Waals surface area contributed by atoms with Gasteiger partial charge in [0.25, 0.3) is 5.91 Å². The fraction of sp³-hybridized carbons (Fsp3) is 0.250. The summed E-state index contributed by atoms with van der Waals surface area (Å²) < 4.78 is 0. The third-order valence-electron chi connectivity index (χ3n) is 2.94. The van der Waals surface area contributed by atoms with Crippen LogP contribution in [0.15, 0.2) is 29.3 Å². The molecule has 5 heteroatoms. The average Bonchev–Trinajstić information content (AvgIpc) is 2.48. The van der Waals surface area contributed by atoms with Gasteiger partial charge in [-0.3, -0.25) is 9.69 Å². The van der Waals surface area contributed by atoms with E-state index in [4.69, 9.17) is 23.2 Å². The van der Waals surface area contributed by atoms with E-state index in [1.54, 1.807) is 32.0 Å². The lowest BCUT2D eigenvalue weighted by molar-refractivity contribution is -0.115. The van der Waals surface area contributed by atoms with Gasteiger partial charge in [0, 0.05) is 11.3 Å². The molecule has 1 aliphatic heterocycles. The molecule has 0 aliphatic carbocycles. The van der Waals surface area contributed by atoms with Crippen molar-refractivity contribution in [3.8, 4) is 0 Å². The molecule has 0 saturated heterocycles. The lowest BCUT2D eigenvalue weighted by Gasteiger charge is -2.22. The first kappa shape index (κ1) is 12.4. The predicted molar refractivity (Wildman–Crippen MR) is 68.3 cm³/mol. The number of nitrogens with zero attached hydrogens (tertiary/aromatic N) is 1. The van der Waals surface area contributed by atoms with E-state index >= 15 is 0 Å². The summed E-state index contributed by atoms with van der Waals surface area (Å²) in [6.07, 6.45) is -0.931. The Morgan fingerprint density at radius 1 is 1.24 bits per heavy atom. The van der Waals surface area contributed by atoms with Gasteiger partial charge in [-0.1, -0.05) is 23.2 Å². The smallest absolute Gasteiger partial charge is 0.256 e. The van der Waals surface area contributed by atoms with Crippen LogP contribution in [0.3, 0.4) is 0 Å². The van der Waals surface area contributed by atoms with Gasteiger partial charge in [-0.2, -0.15) is 0 Å². The summed E-state index contributed by atoms with van der Waals surface area (Å²) in [5, 5.41) is 10.8. The van der Waals surface area contributed by atoms with Gasteiger partial charge < -0.3 is 5.11 Å². The molecule has 1 amide bonds. The van der Waals surface area contributed by atoms with Crippen LogP contribution in [0.25, 0.3) is 0 Å². The van der Waals surface area contributed by atoms with Crippen molar-refractivity contribution >= 4 is 34.8 Å². The zero-order valence-corrected chi connectivity index (χ0v) is 10.9. The number of halogens is 2. The summed E-state index contributed by atoms with van der Waals surface area (Å²) in [6.45, 7) is 3.42. The van der Waals surface area contributed by atoms with E-state index in [1.807, 2.05) is 0 Å². The van der Waals surface area contributed by atoms with Gasteiger partial charge >= 0.3 is 0 Å². The van der Waals surface area contributed by atoms with Crippen LogP contribution in [-0.4, -0.2) is 17.2 Å². The van der Waals surface area contributed by atoms with Gasteiger partial charge in [-0.15, -0.1) is 0 Å². The van der Waals surface area contributed by atoms with Crippen LogP contribution in [0.1, 0.15) is 13.8 Å². The first-order valence-corrected chi connectivity index (χ1v) is 5.83. The highest BCUT2D eigenvalue weighted by atomic mass is 35.5. The third-order valence-corrected chi connectivity index (χ3v) is 3.68. The number of carbonyl (C=O) groups is 1. The monoisotopic (exact) mass is 271 g/mol. The molecule has 17 heavy (non-hydrogen) atoms. The normalized spacial score (nSPS) is 20.4. The van der Waals surface area contributed by atoms with E-state index in [0.717, 1.165) is 0 Å². The summed E-state index contributed by atoms with van der Waals surface area (Å²) in [5.74, 6) is -0.214. The Kier molecular flexibility index (Phi) is 3.17. The number of aliphatic hydroxyl groups is 1. The number of anilines is 1. The second kappa shape index (κ2) is 4.33. The maximum absolute atomic E-state index is 12.0. The van der Waals surface area contributed by atoms with Gasteiger partial charge in [-0.05, 0) is 37.6 Å². The number of aliphatic hydroxyl groups excluding tert-OH is 1. The second-order valence-corrected chi connectivity index (χ2v) is 4.77. The molecule has 1 atom stereocenters. The number of benzene rings is 1. The van der Waals surface area contributed by atoms with Crippen LogP contribution in [0.4, 0.5) is 5.69 Å². The average molecular weight is 272 g/mol. The number of rotatable bonds is 1. The Balaban J connectivity index is 2.43. The van der Waals surface area contributed by atoms with E-state index < -0.39 is 6.23 Å². The van der Waals surface area contributed by atoms with Gasteiger partial charge in [0.05, 0.1) is 10.0 Å². The molecule has 90 valence electrons. The molecule has 0 fully saturated rings. The summed E-state index contributed by atoms with van der Waals surface area (Å²) >= 11 is 11.7. The first-order chi connectivity index (χ1) is 7.93. The summed E-state index contributed by atoms with van der Waals surface area (Å²) in [4.78, 5) is 13.3. The predicted octanol–water partition coefficient (Wildman–Crippen LogP) is 2.99. The van der Waals surface area contributed by atoms with Crippen molar-refractivity contribution in [1.29, 1.82) is 0 Å². The highest BCUT2D eigenvalue weighted by Gasteiger charge is 2.34. The Labute approximate surface area is 109 Å². The van der Waals surface area contributed by atoms with E-state index in [2.05, 4.69) is 0 Å². The standard InChI is InChI=1S/C12H11Cl2NO2/c1-6-7(2)12(17)15(11(6)16)8-3-4-9(13)10(14)5-8/h3-5,11,16H,1-2H3. The second-order valence-electron chi connectivity index (χ2n) is 3.96. The third kappa shape index (κ3) is 1.95. The van der Waals surface area contributed by atoms with Crippen LogP contribution in [0.5, 0.6) is 0 Å². The Morgan fingerprint density at radius 3 is 2.35 bits per heavy atom. The van der Waals surface area contributed by atoms with Crippen molar-refractivity contribution in [2.75, 3.05) is 4.90 Å². The largest absolute Gasteiger partial charge is 0.369 e. The van der Waals surface area contributed by atoms with Crippen LogP contribution < -0.4 is 4.90 Å². The van der Waals surface area contributed by atoms with Crippen LogP contribution in [0.2, 0.25) is 10.0 Å². The molecule has 1 unspecified atom stereocenters. The lowest BCUT2D eigenvalue weighted by Crippen LogP contribution is -2.35. The molecule has 0 spiro atoms. The van der Waals surface area contributed by atoms with Crippen molar-refractivity contribution < 1.29 is 9.90 Å². The minimum atomic E-state index is -0.931. The molecular formula is C12H11Cl2NO2. The topological polar surface area (TPSA) is 40.5 Å². The molecule has 1 N–H and O–H groups in total. The number of amides is 1. The SMILES string of the molecule is CC1=C(C)C(O)N(c2ccc(Cl)c(Cl)c2)C1=O. The molecule has 3 nitrogen and oxygen atoms in total. The molecule has 0 radical (unpaired) electrons. The van der Waals surface area contributed by atoms with Crippen LogP contribution in [-0.2, 0) is 4.79 Å². The zero-order chi connectivity index (χ0) is 12.7. The number of carbonyl (C=O) groups excluding carboxylic acids is 1. The molecule has 1 aromatic rings. The zero-order valence-electron chi connectivity index (χ0n) is 9.37. The minimum Gasteiger partial charge on any atom is -0.369 e. The maximum atomic E-state index is 12.0.